The number of nitrogens with one attached hydrogen (secondary N) is 1. The van der Waals surface area contributed by atoms with Crippen molar-refractivity contribution in [2.45, 2.75) is 25.7 Å². The molecular formula is C21H24N4S2. The van der Waals surface area contributed by atoms with E-state index in [9.17, 15) is 0 Å². The first-order chi connectivity index (χ1) is 13.3. The maximum absolute atomic E-state index is 4.35. The lowest BCUT2D eigenvalue weighted by Gasteiger charge is -2.10. The summed E-state index contributed by atoms with van der Waals surface area (Å²) in [5, 5.41) is 6.67. The van der Waals surface area contributed by atoms with E-state index in [2.05, 4.69) is 56.9 Å². The molecular weight excluding hydrogens is 372 g/mol. The first-order valence-corrected chi connectivity index (χ1v) is 11.2. The lowest BCUT2D eigenvalue weighted by molar-refractivity contribution is 0.349. The average Bonchev–Trinajstić information content (AvgIpc) is 3.28. The molecule has 0 radical (unpaired) electrons. The minimum absolute atomic E-state index is 1.03. The first kappa shape index (κ1) is 18.3. The van der Waals surface area contributed by atoms with E-state index in [0.29, 0.717) is 0 Å². The second kappa shape index (κ2) is 8.78. The molecule has 0 atom stereocenters. The van der Waals surface area contributed by atoms with Gasteiger partial charge in [-0.05, 0) is 68.7 Å². The van der Waals surface area contributed by atoms with Crippen LogP contribution in [-0.2, 0) is 0 Å². The highest BCUT2D eigenvalue weighted by atomic mass is 32.1. The smallest absolute Gasteiger partial charge is 0.125 e. The van der Waals surface area contributed by atoms with Crippen LogP contribution in [0.5, 0.6) is 0 Å². The van der Waals surface area contributed by atoms with Crippen LogP contribution in [-0.4, -0.2) is 35.0 Å². The number of thiophene rings is 1. The predicted molar refractivity (Wildman–Crippen MR) is 118 cm³/mol. The number of pyridine rings is 1. The lowest BCUT2D eigenvalue weighted by Crippen LogP contribution is -2.18. The molecule has 6 heteroatoms. The molecule has 0 amide bonds. The molecule has 1 saturated heterocycles. The van der Waals surface area contributed by atoms with Crippen molar-refractivity contribution in [2.24, 2.45) is 0 Å². The topological polar surface area (TPSA) is 41.0 Å². The Morgan fingerprint density at radius 2 is 1.81 bits per heavy atom. The highest BCUT2D eigenvalue weighted by molar-refractivity contribution is 7.17. The molecule has 0 spiro atoms. The number of hydrogen-bond acceptors (Lipinski definition) is 6. The Kier molecular flexibility index (Phi) is 5.97. The molecule has 27 heavy (non-hydrogen) atoms. The first-order valence-electron chi connectivity index (χ1n) is 9.40. The fraction of sp³-hybridized carbons (Fsp3) is 0.333. The maximum Gasteiger partial charge on any atom is 0.125 e. The quantitative estimate of drug-likeness (QED) is 0.442. The maximum atomic E-state index is 4.35. The van der Waals surface area contributed by atoms with Gasteiger partial charge in [0.2, 0.25) is 0 Å². The van der Waals surface area contributed by atoms with Gasteiger partial charge in [-0.1, -0.05) is 12.8 Å². The van der Waals surface area contributed by atoms with E-state index in [1.807, 2.05) is 17.8 Å². The van der Waals surface area contributed by atoms with Crippen LogP contribution >= 0.6 is 22.7 Å². The highest BCUT2D eigenvalue weighted by Crippen LogP contribution is 2.29. The monoisotopic (exact) mass is 396 g/mol. The summed E-state index contributed by atoms with van der Waals surface area (Å²) in [7, 11) is 2.21. The summed E-state index contributed by atoms with van der Waals surface area (Å²) in [6, 6.07) is 10.3. The van der Waals surface area contributed by atoms with Crippen molar-refractivity contribution >= 4 is 54.5 Å². The molecule has 140 valence electrons. The summed E-state index contributed by atoms with van der Waals surface area (Å²) >= 11 is 3.31. The molecule has 3 aromatic heterocycles. The van der Waals surface area contributed by atoms with Gasteiger partial charge in [0.05, 0.1) is 21.4 Å². The number of nitrogens with zero attached hydrogens (tertiary/aromatic N) is 3. The van der Waals surface area contributed by atoms with Crippen molar-refractivity contribution in [1.82, 2.24) is 14.9 Å². The van der Waals surface area contributed by atoms with Crippen molar-refractivity contribution < 1.29 is 0 Å². The molecule has 1 aliphatic heterocycles. The summed E-state index contributed by atoms with van der Waals surface area (Å²) in [5.74, 6) is 0. The van der Waals surface area contributed by atoms with E-state index in [4.69, 9.17) is 0 Å². The molecule has 0 aliphatic carbocycles. The Bertz CT molecular complexity index is 999. The molecule has 0 saturated carbocycles. The molecule has 1 aromatic carbocycles. The summed E-state index contributed by atoms with van der Waals surface area (Å²) in [4.78, 5) is 12.2. The van der Waals surface area contributed by atoms with Crippen molar-refractivity contribution in [2.75, 3.05) is 25.5 Å². The molecule has 1 N–H and O–H groups in total. The van der Waals surface area contributed by atoms with Crippen LogP contribution in [0.15, 0.2) is 47.4 Å². The molecule has 4 nitrogen and oxygen atoms in total. The van der Waals surface area contributed by atoms with Gasteiger partial charge in [-0.15, -0.1) is 22.7 Å². The van der Waals surface area contributed by atoms with Gasteiger partial charge in [-0.3, -0.25) is 0 Å². The van der Waals surface area contributed by atoms with E-state index in [1.165, 1.54) is 43.5 Å². The summed E-state index contributed by atoms with van der Waals surface area (Å²) in [5.41, 5.74) is 5.04. The van der Waals surface area contributed by atoms with Crippen LogP contribution in [0, 0.1) is 0 Å². The number of benzene rings is 1. The van der Waals surface area contributed by atoms with E-state index in [0.717, 1.165) is 27.1 Å². The van der Waals surface area contributed by atoms with E-state index >= 15 is 0 Å². The molecule has 0 unspecified atom stereocenters. The van der Waals surface area contributed by atoms with Gasteiger partial charge >= 0.3 is 0 Å². The summed E-state index contributed by atoms with van der Waals surface area (Å²) in [6.07, 6.45) is 7.56. The van der Waals surface area contributed by atoms with Gasteiger partial charge in [-0.2, -0.15) is 0 Å². The standard InChI is InChI=1S/C14H9N3S2.C7H15N/c1-2-13-12(16-8-19-13)7-9(1)17-11-3-5-15-14-10(11)4-6-18-14;1-8-6-4-2-3-5-7-8/h1-8H,(H,15,17);2-7H2,1H3. The van der Waals surface area contributed by atoms with Crippen LogP contribution < -0.4 is 5.32 Å². The van der Waals surface area contributed by atoms with E-state index in [-0.39, 0.29) is 0 Å². The molecule has 1 aliphatic rings. The molecule has 1 fully saturated rings. The van der Waals surface area contributed by atoms with Crippen LogP contribution in [0.4, 0.5) is 11.4 Å². The van der Waals surface area contributed by atoms with Gasteiger partial charge < -0.3 is 10.2 Å². The van der Waals surface area contributed by atoms with E-state index in [1.54, 1.807) is 22.7 Å². The number of rotatable bonds is 2. The lowest BCUT2D eigenvalue weighted by atomic mass is 10.2. The van der Waals surface area contributed by atoms with Crippen LogP contribution in [0.25, 0.3) is 20.4 Å². The fourth-order valence-corrected chi connectivity index (χ4v) is 4.72. The SMILES string of the molecule is CN1CCCCCC1.c1cc(Nc2ccc3scnc3c2)c2ccsc2n1. The van der Waals surface area contributed by atoms with Gasteiger partial charge in [-0.25, -0.2) is 9.97 Å². The van der Waals surface area contributed by atoms with Crippen molar-refractivity contribution in [3.8, 4) is 0 Å². The number of hydrogen-bond donors (Lipinski definition) is 1. The Hall–Kier alpha value is -2.02. The average molecular weight is 397 g/mol. The van der Waals surface area contributed by atoms with Gasteiger partial charge in [0.25, 0.3) is 0 Å². The van der Waals surface area contributed by atoms with Crippen molar-refractivity contribution in [3.63, 3.8) is 0 Å². The van der Waals surface area contributed by atoms with Crippen LogP contribution in [0.3, 0.4) is 0 Å². The fourth-order valence-electron chi connectivity index (χ4n) is 3.30. The Morgan fingerprint density at radius 3 is 2.67 bits per heavy atom. The Balaban J connectivity index is 0.000000190. The second-order valence-electron chi connectivity index (χ2n) is 6.88. The van der Waals surface area contributed by atoms with Gasteiger partial charge in [0.1, 0.15) is 4.83 Å². The zero-order valence-electron chi connectivity index (χ0n) is 15.5. The van der Waals surface area contributed by atoms with Gasteiger partial charge in [0.15, 0.2) is 0 Å². The Labute approximate surface area is 167 Å². The predicted octanol–water partition coefficient (Wildman–Crippen LogP) is 6.14. The zero-order valence-corrected chi connectivity index (χ0v) is 17.2. The molecule has 5 rings (SSSR count). The summed E-state index contributed by atoms with van der Waals surface area (Å²) < 4.78 is 1.21. The minimum atomic E-state index is 1.03. The van der Waals surface area contributed by atoms with Gasteiger partial charge in [0, 0.05) is 17.3 Å². The third-order valence-electron chi connectivity index (χ3n) is 4.81. The number of anilines is 2. The molecule has 4 aromatic rings. The van der Waals surface area contributed by atoms with Crippen LogP contribution in [0.1, 0.15) is 25.7 Å². The largest absolute Gasteiger partial charge is 0.355 e. The number of aromatic nitrogens is 2. The highest BCUT2D eigenvalue weighted by Gasteiger charge is 2.05. The summed E-state index contributed by atoms with van der Waals surface area (Å²) in [6.45, 7) is 2.64. The van der Waals surface area contributed by atoms with Crippen molar-refractivity contribution in [3.05, 3.63) is 47.4 Å². The normalized spacial score (nSPS) is 15.3. The Morgan fingerprint density at radius 1 is 0.963 bits per heavy atom. The van der Waals surface area contributed by atoms with Crippen LogP contribution in [0.2, 0.25) is 0 Å². The third-order valence-corrected chi connectivity index (χ3v) is 6.44. The number of fused-ring (bicyclic) bond motifs is 2. The number of thiazole rings is 1. The van der Waals surface area contributed by atoms with Crippen molar-refractivity contribution in [1.29, 1.82) is 0 Å². The third kappa shape index (κ3) is 4.64. The van der Waals surface area contributed by atoms with E-state index < -0.39 is 0 Å². The zero-order chi connectivity index (χ0) is 18.5. The number of likely N-dealkylation sites (tertiary alicyclic amines) is 1. The minimum Gasteiger partial charge on any atom is -0.355 e. The molecule has 4 heterocycles. The molecule has 0 bridgehead atoms. The second-order valence-corrected chi connectivity index (χ2v) is 8.66.